The average Bonchev–Trinajstić information content (AvgIpc) is 2.55. The second kappa shape index (κ2) is 9.17. The van der Waals surface area contributed by atoms with Gasteiger partial charge in [-0.1, -0.05) is 54.4 Å². The van der Waals surface area contributed by atoms with E-state index in [-0.39, 0.29) is 5.82 Å². The van der Waals surface area contributed by atoms with Crippen molar-refractivity contribution in [2.45, 2.75) is 20.3 Å². The molecule has 2 unspecified atom stereocenters. The number of halogens is 2. The number of nitrogens with zero attached hydrogens (tertiary/aromatic N) is 1. The molecule has 25 heavy (non-hydrogen) atoms. The van der Waals surface area contributed by atoms with E-state index in [0.717, 1.165) is 23.6 Å². The number of rotatable bonds is 7. The van der Waals surface area contributed by atoms with Crippen LogP contribution >= 0.6 is 11.6 Å². The Bertz CT molecular complexity index is 689. The number of allylic oxidation sites excluding steroid dienone is 1. The molecule has 0 spiro atoms. The highest BCUT2D eigenvalue weighted by atomic mass is 35.5. The van der Waals surface area contributed by atoms with Gasteiger partial charge < -0.3 is 4.90 Å². The predicted molar refractivity (Wildman–Crippen MR) is 106 cm³/mol. The normalized spacial score (nSPS) is 14.6. The van der Waals surface area contributed by atoms with Crippen LogP contribution in [0.15, 0.2) is 54.1 Å². The topological polar surface area (TPSA) is 3.24 Å². The maximum atomic E-state index is 13.1. The summed E-state index contributed by atoms with van der Waals surface area (Å²) in [6.45, 7) is 5.49. The van der Waals surface area contributed by atoms with Crippen molar-refractivity contribution in [2.75, 3.05) is 20.6 Å². The van der Waals surface area contributed by atoms with Crippen LogP contribution in [-0.2, 0) is 6.42 Å². The summed E-state index contributed by atoms with van der Waals surface area (Å²) in [4.78, 5) is 2.23. The third-order valence-electron chi connectivity index (χ3n) is 4.56. The second-order valence-corrected chi connectivity index (χ2v) is 7.55. The highest BCUT2D eigenvalue weighted by molar-refractivity contribution is 6.30. The first-order valence-corrected chi connectivity index (χ1v) is 9.06. The molecule has 0 aliphatic carbocycles. The Hall–Kier alpha value is -1.64. The van der Waals surface area contributed by atoms with E-state index in [9.17, 15) is 4.39 Å². The molecule has 0 N–H and O–H groups in total. The van der Waals surface area contributed by atoms with Gasteiger partial charge in [0.1, 0.15) is 5.82 Å². The minimum absolute atomic E-state index is 0.200. The summed E-state index contributed by atoms with van der Waals surface area (Å²) >= 11 is 6.01. The minimum Gasteiger partial charge on any atom is -0.309 e. The lowest BCUT2D eigenvalue weighted by atomic mass is 9.82. The van der Waals surface area contributed by atoms with Crippen LogP contribution in [0.1, 0.15) is 25.0 Å². The Kier molecular flexibility index (Phi) is 7.22. The molecule has 0 aliphatic rings. The summed E-state index contributed by atoms with van der Waals surface area (Å²) in [5, 5.41) is 0.764. The van der Waals surface area contributed by atoms with Crippen molar-refractivity contribution in [3.63, 3.8) is 0 Å². The zero-order valence-corrected chi connectivity index (χ0v) is 16.2. The highest BCUT2D eigenvalue weighted by Gasteiger charge is 2.20. The van der Waals surface area contributed by atoms with Gasteiger partial charge in [-0.05, 0) is 74.7 Å². The Morgan fingerprint density at radius 1 is 1.08 bits per heavy atom. The molecule has 2 rings (SSSR count). The summed E-state index contributed by atoms with van der Waals surface area (Å²) in [5.41, 5.74) is 3.64. The zero-order chi connectivity index (χ0) is 18.4. The van der Waals surface area contributed by atoms with Crippen LogP contribution in [-0.4, -0.2) is 25.5 Å². The third kappa shape index (κ3) is 6.30. The van der Waals surface area contributed by atoms with Gasteiger partial charge in [0.15, 0.2) is 0 Å². The molecule has 3 heteroatoms. The molecule has 0 saturated heterocycles. The summed E-state index contributed by atoms with van der Waals surface area (Å²) in [6, 6.07) is 14.8. The first kappa shape index (κ1) is 19.7. The molecule has 1 nitrogen and oxygen atoms in total. The monoisotopic (exact) mass is 359 g/mol. The van der Waals surface area contributed by atoms with Gasteiger partial charge >= 0.3 is 0 Å². The van der Waals surface area contributed by atoms with Gasteiger partial charge in [-0.25, -0.2) is 4.39 Å². The van der Waals surface area contributed by atoms with Crippen LogP contribution in [0.2, 0.25) is 5.02 Å². The van der Waals surface area contributed by atoms with E-state index in [1.807, 2.05) is 24.3 Å². The van der Waals surface area contributed by atoms with E-state index in [0.29, 0.717) is 11.8 Å². The average molecular weight is 360 g/mol. The Balaban J connectivity index is 2.25. The first-order valence-electron chi connectivity index (χ1n) is 8.68. The Labute approximate surface area is 156 Å². The lowest BCUT2D eigenvalue weighted by molar-refractivity contribution is 0.284. The molecule has 0 fully saturated rings. The van der Waals surface area contributed by atoms with Crippen LogP contribution in [0, 0.1) is 17.7 Å². The van der Waals surface area contributed by atoms with Crippen molar-refractivity contribution in [1.29, 1.82) is 0 Å². The minimum atomic E-state index is -0.200. The van der Waals surface area contributed by atoms with Gasteiger partial charge in [0.25, 0.3) is 0 Å². The number of benzene rings is 2. The Morgan fingerprint density at radius 2 is 1.68 bits per heavy atom. The fourth-order valence-corrected chi connectivity index (χ4v) is 3.44. The summed E-state index contributed by atoms with van der Waals surface area (Å²) < 4.78 is 13.1. The van der Waals surface area contributed by atoms with Crippen molar-refractivity contribution in [3.05, 3.63) is 76.1 Å². The molecule has 0 bridgehead atoms. The van der Waals surface area contributed by atoms with Crippen molar-refractivity contribution < 1.29 is 4.39 Å². The molecule has 0 radical (unpaired) electrons. The largest absolute Gasteiger partial charge is 0.309 e. The summed E-state index contributed by atoms with van der Waals surface area (Å²) in [7, 11) is 4.21. The van der Waals surface area contributed by atoms with Gasteiger partial charge in [-0.3, -0.25) is 0 Å². The number of hydrogen-bond donors (Lipinski definition) is 0. The third-order valence-corrected chi connectivity index (χ3v) is 4.81. The van der Waals surface area contributed by atoms with Crippen LogP contribution in [0.4, 0.5) is 4.39 Å². The SMILES string of the molecule is CC(=Cc1ccc(F)cc1)C(Cc1ccc(Cl)cc1)C(C)CN(C)C. The second-order valence-electron chi connectivity index (χ2n) is 7.12. The predicted octanol–water partition coefficient (Wildman–Crippen LogP) is 5.94. The van der Waals surface area contributed by atoms with E-state index >= 15 is 0 Å². The lowest BCUT2D eigenvalue weighted by Gasteiger charge is -2.28. The molecule has 0 heterocycles. The van der Waals surface area contributed by atoms with Crippen LogP contribution in [0.5, 0.6) is 0 Å². The molecule has 134 valence electrons. The summed E-state index contributed by atoms with van der Waals surface area (Å²) in [6.07, 6.45) is 3.14. The van der Waals surface area contributed by atoms with Crippen molar-refractivity contribution in [1.82, 2.24) is 4.90 Å². The van der Waals surface area contributed by atoms with Crippen LogP contribution < -0.4 is 0 Å². The molecule has 0 amide bonds. The fourth-order valence-electron chi connectivity index (χ4n) is 3.32. The molecule has 0 aliphatic heterocycles. The maximum Gasteiger partial charge on any atom is 0.123 e. The van der Waals surface area contributed by atoms with Gasteiger partial charge in [0.2, 0.25) is 0 Å². The zero-order valence-electron chi connectivity index (χ0n) is 15.5. The lowest BCUT2D eigenvalue weighted by Crippen LogP contribution is -2.27. The smallest absolute Gasteiger partial charge is 0.123 e. The fraction of sp³-hybridized carbons (Fsp3) is 0.364. The molecule has 2 atom stereocenters. The van der Waals surface area contributed by atoms with Gasteiger partial charge in [-0.15, -0.1) is 0 Å². The van der Waals surface area contributed by atoms with Gasteiger partial charge in [0.05, 0.1) is 0 Å². The molecular weight excluding hydrogens is 333 g/mol. The highest BCUT2D eigenvalue weighted by Crippen LogP contribution is 2.28. The van der Waals surface area contributed by atoms with Crippen molar-refractivity contribution >= 4 is 17.7 Å². The van der Waals surface area contributed by atoms with Crippen LogP contribution in [0.25, 0.3) is 6.08 Å². The van der Waals surface area contributed by atoms with Crippen molar-refractivity contribution in [3.8, 4) is 0 Å². The first-order chi connectivity index (χ1) is 11.8. The van der Waals surface area contributed by atoms with Gasteiger partial charge in [-0.2, -0.15) is 0 Å². The molecule has 2 aromatic rings. The quantitative estimate of drug-likeness (QED) is 0.591. The maximum absolute atomic E-state index is 13.1. The van der Waals surface area contributed by atoms with E-state index in [2.05, 4.69) is 51.1 Å². The summed E-state index contributed by atoms with van der Waals surface area (Å²) in [5.74, 6) is 0.712. The molecule has 0 saturated carbocycles. The van der Waals surface area contributed by atoms with E-state index < -0.39 is 0 Å². The van der Waals surface area contributed by atoms with E-state index in [4.69, 9.17) is 11.6 Å². The molecular formula is C22H27ClFN. The van der Waals surface area contributed by atoms with Crippen LogP contribution in [0.3, 0.4) is 0 Å². The van der Waals surface area contributed by atoms with Gasteiger partial charge in [0, 0.05) is 11.6 Å². The number of hydrogen-bond acceptors (Lipinski definition) is 1. The Morgan fingerprint density at radius 3 is 2.24 bits per heavy atom. The van der Waals surface area contributed by atoms with E-state index in [1.165, 1.54) is 23.3 Å². The molecule has 0 aromatic heterocycles. The molecule has 2 aromatic carbocycles. The van der Waals surface area contributed by atoms with E-state index in [1.54, 1.807) is 0 Å². The standard InChI is InChI=1S/C22H27ClFN/c1-16(13-18-7-11-21(24)12-8-18)22(17(2)15-25(3)4)14-19-5-9-20(23)10-6-19/h5-13,17,22H,14-15H2,1-4H3. The van der Waals surface area contributed by atoms with Crippen molar-refractivity contribution in [2.24, 2.45) is 11.8 Å².